The van der Waals surface area contributed by atoms with Crippen molar-refractivity contribution in [3.8, 4) is 11.5 Å². The van der Waals surface area contributed by atoms with Gasteiger partial charge in [0.15, 0.2) is 35.2 Å². The fraction of sp³-hybridized carbons (Fsp3) is 0.564. The zero-order valence-electron chi connectivity index (χ0n) is 33.9. The van der Waals surface area contributed by atoms with E-state index < -0.39 is 113 Å². The molecule has 0 aromatic heterocycles. The molecule has 22 nitrogen and oxygen atoms in total. The lowest BCUT2D eigenvalue weighted by molar-refractivity contribution is -0.527. The zero-order chi connectivity index (χ0) is 45.6. The van der Waals surface area contributed by atoms with E-state index >= 15 is 4.39 Å². The van der Waals surface area contributed by atoms with Gasteiger partial charge in [0, 0.05) is 29.2 Å². The summed E-state index contributed by atoms with van der Waals surface area (Å²) in [4.78, 5) is 71.5. The van der Waals surface area contributed by atoms with Crippen LogP contribution in [-0.2, 0) is 38.3 Å². The Hall–Kier alpha value is -4.92. The van der Waals surface area contributed by atoms with Crippen molar-refractivity contribution in [2.24, 2.45) is 22.7 Å². The van der Waals surface area contributed by atoms with Crippen LogP contribution in [0.5, 0.6) is 11.5 Å². The molecule has 23 heteroatoms. The monoisotopic (exact) mass is 883 g/mol. The number of allylic oxidation sites excluding steroid dienone is 4. The van der Waals surface area contributed by atoms with E-state index in [-0.39, 0.29) is 49.7 Å². The number of rotatable bonds is 18. The van der Waals surface area contributed by atoms with Gasteiger partial charge in [-0.15, -0.1) is 0 Å². The van der Waals surface area contributed by atoms with E-state index in [1.165, 1.54) is 56.5 Å². The van der Waals surface area contributed by atoms with Crippen LogP contribution in [0.1, 0.15) is 51.5 Å². The van der Waals surface area contributed by atoms with Crippen molar-refractivity contribution in [3.05, 3.63) is 53.6 Å². The molecule has 342 valence electrons. The van der Waals surface area contributed by atoms with Gasteiger partial charge >= 0.3 is 18.2 Å². The average molecular weight is 884 g/mol. The Balaban J connectivity index is 1.06. The van der Waals surface area contributed by atoms with Gasteiger partial charge in [0.25, 0.3) is 0 Å². The minimum Gasteiger partial charge on any atom is -0.493 e. The first-order valence-electron chi connectivity index (χ1n) is 19.4. The van der Waals surface area contributed by atoms with Crippen LogP contribution in [0.3, 0.4) is 0 Å². The molecule has 0 radical (unpaired) electrons. The van der Waals surface area contributed by atoms with Gasteiger partial charge in [0.05, 0.1) is 43.2 Å². The summed E-state index contributed by atoms with van der Waals surface area (Å²) in [5.41, 5.74) is -6.61. The van der Waals surface area contributed by atoms with Crippen molar-refractivity contribution < 1.29 is 97.9 Å². The van der Waals surface area contributed by atoms with Crippen molar-refractivity contribution in [1.29, 1.82) is 0 Å². The fourth-order valence-electron chi connectivity index (χ4n) is 9.25. The lowest BCUT2D eigenvalue weighted by atomic mass is 9.44. The number of hydrogen-bond acceptors (Lipinski definition) is 21. The molecule has 0 aliphatic heterocycles. The van der Waals surface area contributed by atoms with Crippen LogP contribution in [0, 0.1) is 22.7 Å². The summed E-state index contributed by atoms with van der Waals surface area (Å²) in [6.07, 6.45) is -0.457. The molecule has 0 saturated heterocycles. The Morgan fingerprint density at radius 2 is 1.74 bits per heavy atom. The number of esters is 1. The summed E-state index contributed by atoms with van der Waals surface area (Å²) in [5.74, 6) is -3.79. The number of carbonyl (C=O) groups is 5. The van der Waals surface area contributed by atoms with Crippen molar-refractivity contribution in [2.45, 2.75) is 75.5 Å². The second-order valence-electron chi connectivity index (χ2n) is 15.6. The molecule has 3 fully saturated rings. The van der Waals surface area contributed by atoms with Crippen LogP contribution in [0.25, 0.3) is 6.08 Å². The number of ketones is 2. The second-order valence-corrected chi connectivity index (χ2v) is 15.6. The van der Waals surface area contributed by atoms with Gasteiger partial charge < -0.3 is 44.3 Å². The van der Waals surface area contributed by atoms with Crippen LogP contribution < -0.4 is 14.8 Å². The minimum atomic E-state index is -2.50. The van der Waals surface area contributed by atoms with E-state index in [1.54, 1.807) is 6.92 Å². The van der Waals surface area contributed by atoms with E-state index in [0.717, 1.165) is 6.08 Å². The normalized spacial score (nSPS) is 30.5. The third-order valence-electron chi connectivity index (χ3n) is 12.3. The number of methoxy groups -OCH3 is 1. The predicted molar refractivity (Wildman–Crippen MR) is 200 cm³/mol. The number of nitrogens with one attached hydrogen (secondary N) is 1. The maximum atomic E-state index is 17.3. The fourth-order valence-corrected chi connectivity index (χ4v) is 9.25. The summed E-state index contributed by atoms with van der Waals surface area (Å²) in [5, 5.41) is 70.3. The van der Waals surface area contributed by atoms with E-state index in [9.17, 15) is 39.3 Å². The highest BCUT2D eigenvalue weighted by molar-refractivity contribution is 6.01. The molecule has 9 atom stereocenters. The molecular weight excluding hydrogens is 833 g/mol. The Bertz CT molecular complexity index is 1950. The zero-order valence-corrected chi connectivity index (χ0v) is 33.9. The number of alkyl carbamates (subject to hydrolysis) is 1. The Morgan fingerprint density at radius 1 is 1.00 bits per heavy atom. The van der Waals surface area contributed by atoms with Crippen LogP contribution in [0.15, 0.2) is 48.1 Å². The Labute approximate surface area is 353 Å². The quantitative estimate of drug-likeness (QED) is 0.0261. The third kappa shape index (κ3) is 9.82. The molecule has 8 N–H and O–H groups in total. The SMILES string of the molecule is COc1cc(/C=C/C(=O)OCCC(CON(O)O)ON(O)O)ccc1OC(=O)OCCNC(=O)OCC(=O)C1(O)[C@H](O)C[C@H]2[C@@H]3CCC4=CC(=O)C=C[C@]4(C)[C@@]3(F)[C@@H](O)C[C@@]21C. The number of nitrogens with zero attached hydrogens (tertiary/aromatic N) is 2. The predicted octanol–water partition coefficient (Wildman–Crippen LogP) is 1.92. The van der Waals surface area contributed by atoms with Crippen molar-refractivity contribution in [3.63, 3.8) is 0 Å². The van der Waals surface area contributed by atoms with Gasteiger partial charge in [-0.05, 0) is 74.4 Å². The summed E-state index contributed by atoms with van der Waals surface area (Å²) < 4.78 is 42.7. The number of alkyl halides is 1. The second kappa shape index (κ2) is 19.6. The van der Waals surface area contributed by atoms with Gasteiger partial charge in [0.2, 0.25) is 5.78 Å². The Morgan fingerprint density at radius 3 is 2.44 bits per heavy atom. The van der Waals surface area contributed by atoms with Crippen molar-refractivity contribution >= 4 is 35.9 Å². The van der Waals surface area contributed by atoms with Crippen LogP contribution >= 0.6 is 0 Å². The van der Waals surface area contributed by atoms with E-state index in [0.29, 0.717) is 17.6 Å². The average Bonchev–Trinajstić information content (AvgIpc) is 3.41. The number of aliphatic hydroxyl groups is 3. The maximum Gasteiger partial charge on any atom is 0.514 e. The summed E-state index contributed by atoms with van der Waals surface area (Å²) in [7, 11) is 1.28. The van der Waals surface area contributed by atoms with Crippen LogP contribution in [0.2, 0.25) is 0 Å². The smallest absolute Gasteiger partial charge is 0.493 e. The third-order valence-corrected chi connectivity index (χ3v) is 12.3. The summed E-state index contributed by atoms with van der Waals surface area (Å²) in [6.45, 7) is 0.571. The number of ether oxygens (including phenoxy) is 5. The van der Waals surface area contributed by atoms with Crippen molar-refractivity contribution in [2.75, 3.05) is 40.1 Å². The van der Waals surface area contributed by atoms with Crippen LogP contribution in [0.4, 0.5) is 14.0 Å². The number of Topliss-reactive ketones (excluding diaryl/α,β-unsaturated/α-hetero) is 1. The van der Waals surface area contributed by atoms with E-state index in [1.807, 2.05) is 0 Å². The molecule has 0 bridgehead atoms. The van der Waals surface area contributed by atoms with Gasteiger partial charge in [-0.2, -0.15) is 0 Å². The Kier molecular flexibility index (Phi) is 15.2. The molecule has 4 aliphatic rings. The van der Waals surface area contributed by atoms with Crippen LogP contribution in [-0.4, -0.2) is 146 Å². The molecule has 0 spiro atoms. The lowest BCUT2D eigenvalue weighted by Crippen LogP contribution is -2.69. The highest BCUT2D eigenvalue weighted by Gasteiger charge is 2.76. The number of carbonyl (C=O) groups excluding carboxylic acids is 5. The highest BCUT2D eigenvalue weighted by atomic mass is 19.1. The number of benzene rings is 1. The molecule has 3 saturated carbocycles. The number of halogens is 1. The largest absolute Gasteiger partial charge is 0.514 e. The molecule has 1 aromatic carbocycles. The topological polar surface area (TPSA) is 310 Å². The summed E-state index contributed by atoms with van der Waals surface area (Å²) >= 11 is 0. The van der Waals surface area contributed by atoms with E-state index in [2.05, 4.69) is 15.0 Å². The van der Waals surface area contributed by atoms with Gasteiger partial charge in [-0.1, -0.05) is 24.6 Å². The lowest BCUT2D eigenvalue weighted by Gasteiger charge is -2.62. The maximum absolute atomic E-state index is 17.3. The van der Waals surface area contributed by atoms with Crippen molar-refractivity contribution in [1.82, 2.24) is 16.1 Å². The van der Waals surface area contributed by atoms with Gasteiger partial charge in [0.1, 0.15) is 19.3 Å². The first-order valence-corrected chi connectivity index (χ1v) is 19.4. The molecule has 1 aromatic rings. The number of fused-ring (bicyclic) bond motifs is 5. The first-order chi connectivity index (χ1) is 29.2. The molecule has 4 aliphatic carbocycles. The number of hydrogen-bond donors (Lipinski definition) is 8. The molecule has 0 heterocycles. The standard InChI is InChI=1S/C39H50FN3O19/c1-36-12-10-24(44)17-23(36)6-7-26-27-18-30(45)39(51,37(27,2)19-31(46)38(26,36)40)32(47)21-59-34(49)41-13-15-58-35(50)61-28-8-4-22(16-29(28)56-3)5-9-33(48)57-14-11-25(62-43(54)55)20-60-42(52)53/h4-5,8-10,12,16-17,25-27,30-31,45-46,51-55H,6-7,11,13-15,18-21H2,1-3H3,(H,41,49)/b9-5+/t25?,26-,27-,30+,31-,36-,37-,38-,39?/m0/s1. The molecular formula is C39H50FN3O19. The number of amides is 1. The first kappa shape index (κ1) is 48.1. The number of aliphatic hydroxyl groups excluding tert-OH is 2. The van der Waals surface area contributed by atoms with Gasteiger partial charge in [-0.25, -0.2) is 28.4 Å². The van der Waals surface area contributed by atoms with Gasteiger partial charge in [-0.3, -0.25) is 30.4 Å². The molecule has 5 rings (SSSR count). The highest BCUT2D eigenvalue weighted by Crippen LogP contribution is 2.69. The van der Waals surface area contributed by atoms with E-state index in [4.69, 9.17) is 44.5 Å². The summed E-state index contributed by atoms with van der Waals surface area (Å²) in [6, 6.07) is 4.20. The minimum absolute atomic E-state index is 0.0579. The molecule has 2 unspecified atom stereocenters. The molecule has 62 heavy (non-hydrogen) atoms. The molecule has 1 amide bonds.